The van der Waals surface area contributed by atoms with Crippen LogP contribution in [0.3, 0.4) is 0 Å². The van der Waals surface area contributed by atoms with Crippen LogP contribution in [0.2, 0.25) is 0 Å². The van der Waals surface area contributed by atoms with E-state index in [0.29, 0.717) is 27.7 Å². The van der Waals surface area contributed by atoms with Crippen LogP contribution in [-0.2, 0) is 22.4 Å². The minimum Gasteiger partial charge on any atom is -0.480 e. The number of amides is 1. The summed E-state index contributed by atoms with van der Waals surface area (Å²) in [4.78, 5) is 37.6. The first-order valence-corrected chi connectivity index (χ1v) is 11.9. The van der Waals surface area contributed by atoms with Gasteiger partial charge in [-0.1, -0.05) is 60.7 Å². The summed E-state index contributed by atoms with van der Waals surface area (Å²) >= 11 is 0. The van der Waals surface area contributed by atoms with Gasteiger partial charge in [-0.15, -0.1) is 0 Å². The van der Waals surface area contributed by atoms with E-state index < -0.39 is 23.5 Å². The van der Waals surface area contributed by atoms with Gasteiger partial charge in [-0.25, -0.2) is 9.59 Å². The summed E-state index contributed by atoms with van der Waals surface area (Å²) in [5.74, 6) is -1.71. The minimum absolute atomic E-state index is 0.132. The molecule has 1 unspecified atom stereocenters. The van der Waals surface area contributed by atoms with Crippen LogP contribution in [0.5, 0.6) is 0 Å². The first-order valence-electron chi connectivity index (χ1n) is 11.9. The van der Waals surface area contributed by atoms with Crippen molar-refractivity contribution in [3.05, 3.63) is 106 Å². The zero-order chi connectivity index (χ0) is 26.1. The minimum atomic E-state index is -1.15. The van der Waals surface area contributed by atoms with E-state index in [-0.39, 0.29) is 18.4 Å². The Morgan fingerprint density at radius 2 is 1.59 bits per heavy atom. The van der Waals surface area contributed by atoms with Gasteiger partial charge in [0, 0.05) is 28.3 Å². The number of carbonyl (C=O) groups excluding carboxylic acids is 1. The third-order valence-electron chi connectivity index (χ3n) is 6.68. The molecule has 37 heavy (non-hydrogen) atoms. The fourth-order valence-electron chi connectivity index (χ4n) is 4.70. The Bertz CT molecular complexity index is 1680. The largest absolute Gasteiger partial charge is 0.480 e. The van der Waals surface area contributed by atoms with Gasteiger partial charge in [-0.05, 0) is 36.6 Å². The molecule has 0 aliphatic rings. The molecule has 3 aromatic carbocycles. The summed E-state index contributed by atoms with van der Waals surface area (Å²) in [5, 5.41) is 13.7. The van der Waals surface area contributed by atoms with E-state index in [1.165, 1.54) is 0 Å². The van der Waals surface area contributed by atoms with Crippen LogP contribution in [0, 0.1) is 13.8 Å². The third kappa shape index (κ3) is 4.63. The van der Waals surface area contributed by atoms with E-state index in [1.54, 1.807) is 25.3 Å². The van der Waals surface area contributed by atoms with Crippen molar-refractivity contribution in [2.45, 2.75) is 32.7 Å². The summed E-state index contributed by atoms with van der Waals surface area (Å²) in [6.45, 7) is 3.60. The van der Waals surface area contributed by atoms with Gasteiger partial charge in [-0.2, -0.15) is 0 Å². The van der Waals surface area contributed by atoms with Gasteiger partial charge in [0.1, 0.15) is 17.2 Å². The van der Waals surface area contributed by atoms with Crippen LogP contribution in [0.15, 0.2) is 86.6 Å². The van der Waals surface area contributed by atoms with Crippen LogP contribution in [-0.4, -0.2) is 23.0 Å². The van der Waals surface area contributed by atoms with E-state index in [0.717, 1.165) is 22.1 Å². The molecule has 186 valence electrons. The molecule has 0 bridgehead atoms. The van der Waals surface area contributed by atoms with Crippen molar-refractivity contribution in [2.24, 2.45) is 0 Å². The summed E-state index contributed by atoms with van der Waals surface area (Å²) < 4.78 is 11.5. The van der Waals surface area contributed by atoms with Gasteiger partial charge in [0.05, 0.1) is 18.2 Å². The number of carboxylic acids is 1. The Hall–Kier alpha value is -4.65. The van der Waals surface area contributed by atoms with Crippen LogP contribution < -0.4 is 10.9 Å². The lowest BCUT2D eigenvalue weighted by atomic mass is 9.97. The fraction of sp³-hybridized carbons (Fsp3) is 0.167. The van der Waals surface area contributed by atoms with Gasteiger partial charge in [0.15, 0.2) is 0 Å². The lowest BCUT2D eigenvalue weighted by Gasteiger charge is -2.15. The summed E-state index contributed by atoms with van der Waals surface area (Å²) in [6, 6.07) is 19.7. The van der Waals surface area contributed by atoms with E-state index in [9.17, 15) is 19.5 Å². The number of furan rings is 1. The average molecular weight is 496 g/mol. The maximum absolute atomic E-state index is 12.9. The number of rotatable bonds is 7. The average Bonchev–Trinajstić information content (AvgIpc) is 3.32. The van der Waals surface area contributed by atoms with E-state index in [2.05, 4.69) is 5.32 Å². The highest BCUT2D eigenvalue weighted by atomic mass is 16.4. The number of aryl methyl sites for hydroxylation is 2. The van der Waals surface area contributed by atoms with Crippen LogP contribution in [0.1, 0.15) is 22.3 Å². The van der Waals surface area contributed by atoms with E-state index >= 15 is 0 Å². The summed E-state index contributed by atoms with van der Waals surface area (Å²) in [7, 11) is 0. The van der Waals surface area contributed by atoms with E-state index in [1.807, 2.05) is 61.5 Å². The van der Waals surface area contributed by atoms with Crippen LogP contribution in [0.4, 0.5) is 0 Å². The molecule has 5 rings (SSSR count). The first-order chi connectivity index (χ1) is 17.8. The fourth-order valence-corrected chi connectivity index (χ4v) is 4.70. The zero-order valence-corrected chi connectivity index (χ0v) is 20.4. The second-order valence-electron chi connectivity index (χ2n) is 9.09. The maximum atomic E-state index is 12.9. The van der Waals surface area contributed by atoms with Gasteiger partial charge < -0.3 is 19.3 Å². The van der Waals surface area contributed by atoms with Gasteiger partial charge in [-0.3, -0.25) is 4.79 Å². The molecule has 2 N–H and O–H groups in total. The Labute approximate surface area is 212 Å². The highest BCUT2D eigenvalue weighted by molar-refractivity contribution is 6.05. The number of fused-ring (bicyclic) bond motifs is 2. The standard InChI is InChI=1S/C30H25NO6/c1-17-21-14-23-24(20-11-7-4-8-12-20)16-36-27(23)18(2)28(21)37-30(35)22(17)15-26(32)31-25(29(33)34)13-19-9-5-3-6-10-19/h3-12,14,16,25H,13,15H2,1-2H3,(H,31,32)(H,33,34). The van der Waals surface area contributed by atoms with E-state index in [4.69, 9.17) is 8.83 Å². The number of hydrogen-bond acceptors (Lipinski definition) is 5. The predicted molar refractivity (Wildman–Crippen MR) is 141 cm³/mol. The number of benzene rings is 3. The highest BCUT2D eigenvalue weighted by Gasteiger charge is 2.24. The molecule has 0 aliphatic carbocycles. The monoisotopic (exact) mass is 495 g/mol. The zero-order valence-electron chi connectivity index (χ0n) is 20.4. The Balaban J connectivity index is 1.50. The second-order valence-corrected chi connectivity index (χ2v) is 9.09. The molecule has 2 aromatic heterocycles. The maximum Gasteiger partial charge on any atom is 0.340 e. The highest BCUT2D eigenvalue weighted by Crippen LogP contribution is 2.37. The lowest BCUT2D eigenvalue weighted by molar-refractivity contribution is -0.141. The number of carboxylic acid groups (broad SMARTS) is 1. The Kier molecular flexibility index (Phi) is 6.36. The molecule has 1 atom stereocenters. The smallest absolute Gasteiger partial charge is 0.340 e. The number of nitrogens with one attached hydrogen (secondary N) is 1. The molecular weight excluding hydrogens is 470 g/mol. The molecule has 7 nitrogen and oxygen atoms in total. The normalized spacial score (nSPS) is 12.1. The Morgan fingerprint density at radius 1 is 0.919 bits per heavy atom. The molecule has 0 radical (unpaired) electrons. The molecule has 2 heterocycles. The first kappa shape index (κ1) is 24.1. The van der Waals surface area contributed by atoms with Crippen molar-refractivity contribution in [1.82, 2.24) is 5.32 Å². The lowest BCUT2D eigenvalue weighted by Crippen LogP contribution is -2.43. The molecule has 0 saturated carbocycles. The van der Waals surface area contributed by atoms with Crippen molar-refractivity contribution in [1.29, 1.82) is 0 Å². The van der Waals surface area contributed by atoms with Crippen molar-refractivity contribution in [3.8, 4) is 11.1 Å². The summed E-state index contributed by atoms with van der Waals surface area (Å²) in [5.41, 5.74) is 4.59. The van der Waals surface area contributed by atoms with Crippen LogP contribution in [0.25, 0.3) is 33.1 Å². The number of aliphatic carboxylic acids is 1. The molecule has 1 amide bonds. The van der Waals surface area contributed by atoms with Crippen LogP contribution >= 0.6 is 0 Å². The van der Waals surface area contributed by atoms with Crippen molar-refractivity contribution in [2.75, 3.05) is 0 Å². The molecule has 0 fully saturated rings. The molecule has 0 saturated heterocycles. The van der Waals surface area contributed by atoms with Crippen molar-refractivity contribution in [3.63, 3.8) is 0 Å². The molecule has 5 aromatic rings. The third-order valence-corrected chi connectivity index (χ3v) is 6.68. The predicted octanol–water partition coefficient (Wildman–Crippen LogP) is 5.18. The quantitative estimate of drug-likeness (QED) is 0.301. The number of carbonyl (C=O) groups is 2. The molecule has 0 spiro atoms. The second kappa shape index (κ2) is 9.78. The SMILES string of the molecule is Cc1c(CC(=O)NC(Cc2ccccc2)C(=O)O)c(=O)oc2c(C)c3occ(-c4ccccc4)c3cc12. The van der Waals surface area contributed by atoms with Gasteiger partial charge in [0.25, 0.3) is 0 Å². The van der Waals surface area contributed by atoms with Gasteiger partial charge >= 0.3 is 11.6 Å². The molecular formula is C30H25NO6. The topological polar surface area (TPSA) is 110 Å². The summed E-state index contributed by atoms with van der Waals surface area (Å²) in [6.07, 6.45) is 1.52. The van der Waals surface area contributed by atoms with Gasteiger partial charge in [0.2, 0.25) is 5.91 Å². The van der Waals surface area contributed by atoms with Crippen molar-refractivity contribution >= 4 is 33.8 Å². The number of hydrogen-bond donors (Lipinski definition) is 2. The molecule has 7 heteroatoms. The Morgan fingerprint density at radius 3 is 2.27 bits per heavy atom. The molecule has 0 aliphatic heterocycles. The van der Waals surface area contributed by atoms with Crippen molar-refractivity contribution < 1.29 is 23.5 Å².